The molecule has 0 fully saturated rings. The lowest BCUT2D eigenvalue weighted by atomic mass is 10.1. The van der Waals surface area contributed by atoms with Crippen molar-refractivity contribution in [3.63, 3.8) is 0 Å². The van der Waals surface area contributed by atoms with Gasteiger partial charge in [0.15, 0.2) is 0 Å². The van der Waals surface area contributed by atoms with Crippen LogP contribution in [0.1, 0.15) is 18.4 Å². The molecule has 0 radical (unpaired) electrons. The average molecular weight is 332 g/mol. The van der Waals surface area contributed by atoms with Crippen molar-refractivity contribution < 1.29 is 4.79 Å². The zero-order valence-electron chi connectivity index (χ0n) is 13.9. The Bertz CT molecular complexity index is 845. The second-order valence-corrected chi connectivity index (χ2v) is 6.13. The number of carbonyl (C=O) groups excluding carboxylic acids is 1. The Morgan fingerprint density at radius 1 is 1.00 bits per heavy atom. The number of aryl methyl sites for hydroxylation is 1. The number of anilines is 3. The van der Waals surface area contributed by atoms with Gasteiger partial charge < -0.3 is 0 Å². The third-order valence-electron chi connectivity index (χ3n) is 4.52. The Morgan fingerprint density at radius 2 is 1.80 bits per heavy atom. The van der Waals surface area contributed by atoms with Crippen LogP contribution in [0.2, 0.25) is 0 Å². The van der Waals surface area contributed by atoms with Gasteiger partial charge >= 0.3 is 6.03 Å². The van der Waals surface area contributed by atoms with Gasteiger partial charge in [0.25, 0.3) is 0 Å². The van der Waals surface area contributed by atoms with Gasteiger partial charge in [0.1, 0.15) is 5.82 Å². The van der Waals surface area contributed by atoms with E-state index in [9.17, 15) is 4.79 Å². The molecule has 0 saturated heterocycles. The summed E-state index contributed by atoms with van der Waals surface area (Å²) >= 11 is 0. The van der Waals surface area contributed by atoms with E-state index in [4.69, 9.17) is 0 Å². The molecule has 0 bridgehead atoms. The van der Waals surface area contributed by atoms with Gasteiger partial charge in [-0.2, -0.15) is 5.10 Å². The molecule has 4 rings (SSSR count). The highest BCUT2D eigenvalue weighted by Gasteiger charge is 2.28. The van der Waals surface area contributed by atoms with Gasteiger partial charge in [-0.05, 0) is 43.0 Å². The molecule has 2 aromatic carbocycles. The predicted molar refractivity (Wildman–Crippen MR) is 99.3 cm³/mol. The van der Waals surface area contributed by atoms with E-state index in [1.54, 1.807) is 11.1 Å². The topological polar surface area (TPSA) is 52.2 Å². The number of nitrogens with zero attached hydrogens (tertiary/aromatic N) is 3. The second-order valence-electron chi connectivity index (χ2n) is 6.13. The van der Waals surface area contributed by atoms with E-state index in [-0.39, 0.29) is 6.03 Å². The fourth-order valence-corrected chi connectivity index (χ4v) is 3.31. The maximum absolute atomic E-state index is 13.5. The fraction of sp³-hybridized carbons (Fsp3) is 0.200. The Labute approximate surface area is 146 Å². The number of amides is 2. The van der Waals surface area contributed by atoms with Crippen LogP contribution >= 0.6 is 0 Å². The summed E-state index contributed by atoms with van der Waals surface area (Å²) in [5.74, 6) is 0.665. The summed E-state index contributed by atoms with van der Waals surface area (Å²) in [6.45, 7) is 0.716. The van der Waals surface area contributed by atoms with Crippen molar-refractivity contribution in [2.45, 2.75) is 19.3 Å². The van der Waals surface area contributed by atoms with Gasteiger partial charge in [0.2, 0.25) is 0 Å². The van der Waals surface area contributed by atoms with Crippen molar-refractivity contribution in [1.82, 2.24) is 10.2 Å². The number of nitrogens with one attached hydrogen (secondary N) is 1. The van der Waals surface area contributed by atoms with Crippen LogP contribution in [0, 0.1) is 0 Å². The predicted octanol–water partition coefficient (Wildman–Crippen LogP) is 4.51. The Morgan fingerprint density at radius 3 is 2.60 bits per heavy atom. The van der Waals surface area contributed by atoms with E-state index in [0.717, 1.165) is 30.6 Å². The molecule has 25 heavy (non-hydrogen) atoms. The summed E-state index contributed by atoms with van der Waals surface area (Å²) in [5.41, 5.74) is 3.05. The van der Waals surface area contributed by atoms with Crippen LogP contribution in [0.25, 0.3) is 0 Å². The molecule has 2 amide bonds. The van der Waals surface area contributed by atoms with Crippen LogP contribution < -0.4 is 9.80 Å². The van der Waals surface area contributed by atoms with Crippen LogP contribution in [0.3, 0.4) is 0 Å². The second kappa shape index (κ2) is 6.81. The van der Waals surface area contributed by atoms with E-state index in [1.165, 1.54) is 5.56 Å². The number of benzene rings is 2. The molecule has 5 nitrogen and oxygen atoms in total. The van der Waals surface area contributed by atoms with Crippen LogP contribution in [0.15, 0.2) is 66.9 Å². The van der Waals surface area contributed by atoms with Crippen LogP contribution in [-0.2, 0) is 6.42 Å². The summed E-state index contributed by atoms with van der Waals surface area (Å²) in [5, 5.41) is 6.95. The zero-order chi connectivity index (χ0) is 17.1. The lowest BCUT2D eigenvalue weighted by Gasteiger charge is -2.30. The minimum Gasteiger partial charge on any atom is -0.293 e. The molecular formula is C20H20N4O. The molecule has 1 aliphatic heterocycles. The van der Waals surface area contributed by atoms with Crippen molar-refractivity contribution in [3.05, 3.63) is 72.4 Å². The summed E-state index contributed by atoms with van der Waals surface area (Å²) < 4.78 is 0. The van der Waals surface area contributed by atoms with Crippen molar-refractivity contribution >= 4 is 23.2 Å². The molecule has 0 aliphatic carbocycles. The Hall–Kier alpha value is -3.08. The standard InChI is InChI=1S/C20H20N4O/c25-20(23-15-7-6-9-16-8-4-5-12-18(16)23)24(19-13-14-21-22-19)17-10-2-1-3-11-17/h1-5,8,10-14H,6-7,9,15H2,(H,21,22). The third kappa shape index (κ3) is 3.01. The highest BCUT2D eigenvalue weighted by Crippen LogP contribution is 2.31. The van der Waals surface area contributed by atoms with Crippen molar-refractivity contribution in [2.75, 3.05) is 16.3 Å². The van der Waals surface area contributed by atoms with Crippen LogP contribution in [0.4, 0.5) is 22.0 Å². The lowest BCUT2D eigenvalue weighted by Crippen LogP contribution is -2.41. The largest absolute Gasteiger partial charge is 0.334 e. The number of hydrogen-bond acceptors (Lipinski definition) is 2. The highest BCUT2D eigenvalue weighted by molar-refractivity contribution is 6.08. The number of hydrogen-bond donors (Lipinski definition) is 1. The van der Waals surface area contributed by atoms with Crippen LogP contribution in [0.5, 0.6) is 0 Å². The number of fused-ring (bicyclic) bond motifs is 1. The van der Waals surface area contributed by atoms with E-state index in [2.05, 4.69) is 16.3 Å². The number of rotatable bonds is 2. The number of carbonyl (C=O) groups is 1. The van der Waals surface area contributed by atoms with Crippen molar-refractivity contribution in [2.24, 2.45) is 0 Å². The van der Waals surface area contributed by atoms with Gasteiger partial charge in [-0.3, -0.25) is 10.00 Å². The van der Waals surface area contributed by atoms with Crippen LogP contribution in [-0.4, -0.2) is 22.8 Å². The molecule has 3 aromatic rings. The van der Waals surface area contributed by atoms with E-state index in [0.29, 0.717) is 12.4 Å². The number of H-pyrrole nitrogens is 1. The number of aromatic amines is 1. The summed E-state index contributed by atoms with van der Waals surface area (Å²) in [7, 11) is 0. The normalized spacial score (nSPS) is 13.8. The molecule has 2 heterocycles. The Kier molecular flexibility index (Phi) is 4.21. The highest BCUT2D eigenvalue weighted by atomic mass is 16.2. The van der Waals surface area contributed by atoms with Gasteiger partial charge in [-0.15, -0.1) is 0 Å². The molecule has 5 heteroatoms. The first-order valence-electron chi connectivity index (χ1n) is 8.58. The number of urea groups is 1. The molecule has 0 unspecified atom stereocenters. The number of para-hydroxylation sites is 2. The quantitative estimate of drug-likeness (QED) is 0.750. The molecule has 126 valence electrons. The smallest absolute Gasteiger partial charge is 0.293 e. The molecular weight excluding hydrogens is 312 g/mol. The first-order chi connectivity index (χ1) is 12.3. The zero-order valence-corrected chi connectivity index (χ0v) is 13.9. The van der Waals surface area contributed by atoms with Gasteiger partial charge in [0.05, 0.1) is 11.9 Å². The third-order valence-corrected chi connectivity index (χ3v) is 4.52. The van der Waals surface area contributed by atoms with E-state index < -0.39 is 0 Å². The lowest BCUT2D eigenvalue weighted by molar-refractivity contribution is 0.253. The van der Waals surface area contributed by atoms with E-state index in [1.807, 2.05) is 59.5 Å². The summed E-state index contributed by atoms with van der Waals surface area (Å²) in [6.07, 6.45) is 4.76. The first-order valence-corrected chi connectivity index (χ1v) is 8.58. The average Bonchev–Trinajstić information content (AvgIpc) is 3.08. The molecule has 0 saturated carbocycles. The maximum Gasteiger partial charge on any atom is 0.334 e. The summed E-state index contributed by atoms with van der Waals surface area (Å²) in [4.78, 5) is 17.1. The molecule has 1 aliphatic rings. The van der Waals surface area contributed by atoms with Gasteiger partial charge in [-0.1, -0.05) is 36.4 Å². The molecule has 0 atom stereocenters. The minimum absolute atomic E-state index is 0.0650. The summed E-state index contributed by atoms with van der Waals surface area (Å²) in [6, 6.07) is 19.6. The fourth-order valence-electron chi connectivity index (χ4n) is 3.31. The number of aromatic nitrogens is 2. The van der Waals surface area contributed by atoms with Gasteiger partial charge in [-0.25, -0.2) is 9.69 Å². The first kappa shape index (κ1) is 15.4. The molecule has 1 aromatic heterocycles. The van der Waals surface area contributed by atoms with Crippen molar-refractivity contribution in [3.8, 4) is 0 Å². The minimum atomic E-state index is -0.0650. The van der Waals surface area contributed by atoms with Crippen molar-refractivity contribution in [1.29, 1.82) is 0 Å². The van der Waals surface area contributed by atoms with Gasteiger partial charge in [0, 0.05) is 18.3 Å². The molecule has 1 N–H and O–H groups in total. The molecule has 0 spiro atoms. The monoisotopic (exact) mass is 332 g/mol. The van der Waals surface area contributed by atoms with E-state index >= 15 is 0 Å². The SMILES string of the molecule is O=C(N1CCCCc2ccccc21)N(c1ccccc1)c1ccn[nH]1. The maximum atomic E-state index is 13.5. The Balaban J connectivity index is 1.77.